The number of esters is 1. The molecule has 0 spiro atoms. The molecule has 0 aromatic heterocycles. The Hall–Kier alpha value is -2.54. The molecule has 1 fully saturated rings. The third-order valence-electron chi connectivity index (χ3n) is 5.07. The molecule has 1 saturated heterocycles. The molecule has 27 heavy (non-hydrogen) atoms. The van der Waals surface area contributed by atoms with E-state index in [-0.39, 0.29) is 24.1 Å². The number of hydrogen-bond donors (Lipinski definition) is 2. The van der Waals surface area contributed by atoms with Gasteiger partial charge in [0.25, 0.3) is 0 Å². The number of nitrogens with zero attached hydrogens (tertiary/aromatic N) is 1. The number of carbonyl (C=O) groups excluding carboxylic acids is 2. The van der Waals surface area contributed by atoms with Crippen LogP contribution < -0.4 is 15.4 Å². The van der Waals surface area contributed by atoms with E-state index < -0.39 is 0 Å². The van der Waals surface area contributed by atoms with E-state index in [0.717, 1.165) is 25.1 Å². The Morgan fingerprint density at radius 2 is 2.19 bits per heavy atom. The SMILES string of the molecule is CCOC(=O)C1=C(CN2CCCC2c2cccc(OC)c2)NC(=O)NC1C. The molecular weight excluding hydrogens is 346 g/mol. The average Bonchev–Trinajstić information content (AvgIpc) is 3.09. The highest BCUT2D eigenvalue weighted by Crippen LogP contribution is 2.34. The molecule has 2 unspecified atom stereocenters. The summed E-state index contributed by atoms with van der Waals surface area (Å²) in [5.74, 6) is 0.444. The van der Waals surface area contributed by atoms with E-state index in [1.165, 1.54) is 5.56 Å². The average molecular weight is 373 g/mol. The molecule has 2 aliphatic heterocycles. The molecule has 1 aromatic carbocycles. The zero-order valence-corrected chi connectivity index (χ0v) is 16.1. The smallest absolute Gasteiger partial charge is 0.337 e. The van der Waals surface area contributed by atoms with E-state index in [9.17, 15) is 9.59 Å². The minimum absolute atomic E-state index is 0.220. The zero-order valence-electron chi connectivity index (χ0n) is 16.1. The van der Waals surface area contributed by atoms with Crippen molar-refractivity contribution in [1.82, 2.24) is 15.5 Å². The number of benzene rings is 1. The van der Waals surface area contributed by atoms with E-state index >= 15 is 0 Å². The number of hydrogen-bond acceptors (Lipinski definition) is 5. The van der Waals surface area contributed by atoms with Crippen LogP contribution >= 0.6 is 0 Å². The standard InChI is InChI=1S/C20H27N3O4/c1-4-27-19(24)18-13(2)21-20(25)22-16(18)12-23-10-6-9-17(23)14-7-5-8-15(11-14)26-3/h5,7-8,11,13,17H,4,6,9-10,12H2,1-3H3,(H2,21,22,25). The summed E-state index contributed by atoms with van der Waals surface area (Å²) < 4.78 is 10.5. The molecular formula is C20H27N3O4. The summed E-state index contributed by atoms with van der Waals surface area (Å²) in [4.78, 5) is 26.7. The lowest BCUT2D eigenvalue weighted by atomic mass is 10.0. The summed E-state index contributed by atoms with van der Waals surface area (Å²) in [6.07, 6.45) is 2.09. The monoisotopic (exact) mass is 373 g/mol. The first-order valence-electron chi connectivity index (χ1n) is 9.39. The summed E-state index contributed by atoms with van der Waals surface area (Å²) in [7, 11) is 1.66. The van der Waals surface area contributed by atoms with Gasteiger partial charge in [0.05, 0.1) is 25.3 Å². The first kappa shape index (κ1) is 19.2. The first-order chi connectivity index (χ1) is 13.0. The van der Waals surface area contributed by atoms with Gasteiger partial charge in [-0.25, -0.2) is 9.59 Å². The van der Waals surface area contributed by atoms with Crippen molar-refractivity contribution in [3.05, 3.63) is 41.1 Å². The van der Waals surface area contributed by atoms with E-state index in [1.807, 2.05) is 18.2 Å². The predicted octanol–water partition coefficient (Wildman–Crippen LogP) is 2.35. The molecule has 2 atom stereocenters. The molecule has 2 amide bonds. The van der Waals surface area contributed by atoms with Gasteiger partial charge >= 0.3 is 12.0 Å². The van der Waals surface area contributed by atoms with Gasteiger partial charge in [-0.3, -0.25) is 4.90 Å². The minimum Gasteiger partial charge on any atom is -0.497 e. The van der Waals surface area contributed by atoms with Crippen LogP contribution in [0.4, 0.5) is 4.79 Å². The van der Waals surface area contributed by atoms with Crippen molar-refractivity contribution in [2.45, 2.75) is 38.8 Å². The van der Waals surface area contributed by atoms with E-state index in [2.05, 4.69) is 21.6 Å². The van der Waals surface area contributed by atoms with E-state index in [0.29, 0.717) is 24.4 Å². The minimum atomic E-state index is -0.385. The van der Waals surface area contributed by atoms with Crippen LogP contribution in [0.5, 0.6) is 5.75 Å². The fraction of sp³-hybridized carbons (Fsp3) is 0.500. The van der Waals surface area contributed by atoms with Crippen LogP contribution in [-0.4, -0.2) is 49.7 Å². The van der Waals surface area contributed by atoms with E-state index in [4.69, 9.17) is 9.47 Å². The number of carbonyl (C=O) groups is 2. The predicted molar refractivity (Wildman–Crippen MR) is 101 cm³/mol. The Kier molecular flexibility index (Phi) is 6.01. The van der Waals surface area contributed by atoms with Crippen LogP contribution in [0.1, 0.15) is 38.3 Å². The summed E-state index contributed by atoms with van der Waals surface area (Å²) in [5, 5.41) is 5.56. The summed E-state index contributed by atoms with van der Waals surface area (Å²) in [5.41, 5.74) is 2.30. The molecule has 3 rings (SSSR count). The Labute approximate surface area is 159 Å². The van der Waals surface area contributed by atoms with Crippen molar-refractivity contribution in [1.29, 1.82) is 0 Å². The third-order valence-corrected chi connectivity index (χ3v) is 5.07. The van der Waals surface area contributed by atoms with Gasteiger partial charge in [-0.15, -0.1) is 0 Å². The topological polar surface area (TPSA) is 79.9 Å². The zero-order chi connectivity index (χ0) is 19.4. The number of likely N-dealkylation sites (tertiary alicyclic amines) is 1. The van der Waals surface area contributed by atoms with Gasteiger partial charge < -0.3 is 20.1 Å². The Balaban J connectivity index is 1.86. The summed E-state index contributed by atoms with van der Waals surface area (Å²) in [6, 6.07) is 7.61. The maximum atomic E-state index is 12.4. The highest BCUT2D eigenvalue weighted by Gasteiger charge is 2.33. The Morgan fingerprint density at radius 1 is 1.37 bits per heavy atom. The molecule has 0 saturated carbocycles. The van der Waals surface area contributed by atoms with Crippen LogP contribution in [0, 0.1) is 0 Å². The second-order valence-electron chi connectivity index (χ2n) is 6.84. The Morgan fingerprint density at radius 3 is 2.93 bits per heavy atom. The third kappa shape index (κ3) is 4.24. The van der Waals surface area contributed by atoms with E-state index in [1.54, 1.807) is 21.0 Å². The van der Waals surface area contributed by atoms with Crippen molar-refractivity contribution in [2.24, 2.45) is 0 Å². The quantitative estimate of drug-likeness (QED) is 0.749. The number of nitrogens with one attached hydrogen (secondary N) is 2. The van der Waals surface area contributed by atoms with Gasteiger partial charge in [-0.05, 0) is 50.9 Å². The summed E-state index contributed by atoms with van der Waals surface area (Å²) in [6.45, 7) is 5.27. The van der Waals surface area contributed by atoms with Gasteiger partial charge in [-0.1, -0.05) is 12.1 Å². The number of amides is 2. The number of rotatable bonds is 6. The van der Waals surface area contributed by atoms with Crippen molar-refractivity contribution >= 4 is 12.0 Å². The molecule has 0 aliphatic carbocycles. The summed E-state index contributed by atoms with van der Waals surface area (Å²) >= 11 is 0. The molecule has 7 heteroatoms. The van der Waals surface area contributed by atoms with Crippen LogP contribution in [-0.2, 0) is 9.53 Å². The molecule has 2 N–H and O–H groups in total. The molecule has 0 bridgehead atoms. The molecule has 2 heterocycles. The van der Waals surface area contributed by atoms with Crippen LogP contribution in [0.3, 0.4) is 0 Å². The molecule has 146 valence electrons. The largest absolute Gasteiger partial charge is 0.497 e. The molecule has 7 nitrogen and oxygen atoms in total. The number of ether oxygens (including phenoxy) is 2. The van der Waals surface area contributed by atoms with Crippen molar-refractivity contribution in [3.8, 4) is 5.75 Å². The highest BCUT2D eigenvalue weighted by atomic mass is 16.5. The van der Waals surface area contributed by atoms with Crippen LogP contribution in [0.25, 0.3) is 0 Å². The molecule has 2 aliphatic rings. The van der Waals surface area contributed by atoms with Crippen LogP contribution in [0.15, 0.2) is 35.5 Å². The number of urea groups is 1. The number of methoxy groups -OCH3 is 1. The van der Waals surface area contributed by atoms with Crippen molar-refractivity contribution < 1.29 is 19.1 Å². The van der Waals surface area contributed by atoms with Gasteiger partial charge in [0.15, 0.2) is 0 Å². The maximum Gasteiger partial charge on any atom is 0.337 e. The van der Waals surface area contributed by atoms with Crippen LogP contribution in [0.2, 0.25) is 0 Å². The van der Waals surface area contributed by atoms with Gasteiger partial charge in [-0.2, -0.15) is 0 Å². The molecule has 0 radical (unpaired) electrons. The highest BCUT2D eigenvalue weighted by molar-refractivity contribution is 5.94. The first-order valence-corrected chi connectivity index (χ1v) is 9.39. The van der Waals surface area contributed by atoms with Gasteiger partial charge in [0.1, 0.15) is 5.75 Å². The van der Waals surface area contributed by atoms with Gasteiger partial charge in [0, 0.05) is 18.3 Å². The molecule has 1 aromatic rings. The lowest BCUT2D eigenvalue weighted by Gasteiger charge is -2.31. The fourth-order valence-corrected chi connectivity index (χ4v) is 3.85. The second-order valence-corrected chi connectivity index (χ2v) is 6.84. The Bertz CT molecular complexity index is 746. The lowest BCUT2D eigenvalue weighted by Crippen LogP contribution is -2.51. The lowest BCUT2D eigenvalue weighted by molar-refractivity contribution is -0.139. The van der Waals surface area contributed by atoms with Crippen molar-refractivity contribution in [3.63, 3.8) is 0 Å². The maximum absolute atomic E-state index is 12.4. The van der Waals surface area contributed by atoms with Gasteiger partial charge in [0.2, 0.25) is 0 Å². The van der Waals surface area contributed by atoms with Crippen molar-refractivity contribution in [2.75, 3.05) is 26.8 Å². The normalized spacial score (nSPS) is 23.0. The second kappa shape index (κ2) is 8.43. The fourth-order valence-electron chi connectivity index (χ4n) is 3.85.